The van der Waals surface area contributed by atoms with Crippen molar-refractivity contribution >= 4 is 0 Å². The maximum absolute atomic E-state index is 6.02. The molecule has 1 aliphatic carbocycles. The van der Waals surface area contributed by atoms with E-state index in [0.29, 0.717) is 17.7 Å². The van der Waals surface area contributed by atoms with Gasteiger partial charge in [-0.25, -0.2) is 0 Å². The Morgan fingerprint density at radius 3 is 2.41 bits per heavy atom. The zero-order valence-corrected chi connectivity index (χ0v) is 10.9. The lowest BCUT2D eigenvalue weighted by Gasteiger charge is -2.10. The maximum atomic E-state index is 6.02. The van der Waals surface area contributed by atoms with E-state index in [1.807, 2.05) is 0 Å². The molecule has 2 rings (SSSR count). The molecule has 1 aromatic heterocycles. The van der Waals surface area contributed by atoms with Crippen molar-refractivity contribution in [1.29, 1.82) is 0 Å². The molecule has 0 aromatic carbocycles. The quantitative estimate of drug-likeness (QED) is 0.820. The lowest BCUT2D eigenvalue weighted by atomic mass is 10.00. The van der Waals surface area contributed by atoms with Crippen LogP contribution in [0.4, 0.5) is 0 Å². The normalized spacial score (nSPS) is 20.5. The lowest BCUT2D eigenvalue weighted by molar-refractivity contribution is 0.320. The zero-order valence-electron chi connectivity index (χ0n) is 10.9. The highest BCUT2D eigenvalue weighted by molar-refractivity contribution is 4.99. The summed E-state index contributed by atoms with van der Waals surface area (Å²) >= 11 is 0. The molecule has 0 bridgehead atoms. The average Bonchev–Trinajstić information content (AvgIpc) is 2.64. The van der Waals surface area contributed by atoms with Crippen LogP contribution in [-0.4, -0.2) is 10.1 Å². The van der Waals surface area contributed by atoms with Crippen molar-refractivity contribution in [3.8, 4) is 0 Å². The second-order valence-electron chi connectivity index (χ2n) is 5.45. The van der Waals surface area contributed by atoms with Gasteiger partial charge in [0.2, 0.25) is 5.89 Å². The molecule has 0 unspecified atom stereocenters. The minimum absolute atomic E-state index is 0.137. The van der Waals surface area contributed by atoms with E-state index < -0.39 is 0 Å². The SMILES string of the molecule is CC(C)[C@@H](N)c1nc(C2CCCCCC2)no1. The lowest BCUT2D eigenvalue weighted by Crippen LogP contribution is -2.17. The van der Waals surface area contributed by atoms with Gasteiger partial charge >= 0.3 is 0 Å². The molecule has 1 saturated carbocycles. The van der Waals surface area contributed by atoms with Crippen LogP contribution in [0.3, 0.4) is 0 Å². The highest BCUT2D eigenvalue weighted by atomic mass is 16.5. The molecule has 1 aliphatic rings. The van der Waals surface area contributed by atoms with Crippen molar-refractivity contribution in [2.24, 2.45) is 11.7 Å². The monoisotopic (exact) mass is 237 g/mol. The Balaban J connectivity index is 2.06. The Kier molecular flexibility index (Phi) is 4.15. The third-order valence-electron chi connectivity index (χ3n) is 3.68. The first-order valence-electron chi connectivity index (χ1n) is 6.77. The first kappa shape index (κ1) is 12.6. The van der Waals surface area contributed by atoms with Crippen LogP contribution < -0.4 is 5.73 Å². The molecule has 2 N–H and O–H groups in total. The second kappa shape index (κ2) is 5.63. The number of hydrogen-bond acceptors (Lipinski definition) is 4. The third kappa shape index (κ3) is 3.06. The van der Waals surface area contributed by atoms with E-state index in [-0.39, 0.29) is 6.04 Å². The predicted molar refractivity (Wildman–Crippen MR) is 66.5 cm³/mol. The minimum atomic E-state index is -0.137. The maximum Gasteiger partial charge on any atom is 0.243 e. The predicted octanol–water partition coefficient (Wildman–Crippen LogP) is 3.16. The van der Waals surface area contributed by atoms with Gasteiger partial charge in [0.15, 0.2) is 5.82 Å². The molecule has 0 aliphatic heterocycles. The number of rotatable bonds is 3. The zero-order chi connectivity index (χ0) is 12.3. The van der Waals surface area contributed by atoms with Crippen molar-refractivity contribution in [1.82, 2.24) is 10.1 Å². The van der Waals surface area contributed by atoms with Gasteiger partial charge in [-0.2, -0.15) is 4.98 Å². The van der Waals surface area contributed by atoms with Gasteiger partial charge in [0, 0.05) is 5.92 Å². The molecule has 0 amide bonds. The second-order valence-corrected chi connectivity index (χ2v) is 5.45. The topological polar surface area (TPSA) is 64.9 Å². The first-order chi connectivity index (χ1) is 8.18. The summed E-state index contributed by atoms with van der Waals surface area (Å²) in [5.74, 6) is 2.28. The van der Waals surface area contributed by atoms with Gasteiger partial charge in [0.05, 0.1) is 6.04 Å². The van der Waals surface area contributed by atoms with E-state index in [2.05, 4.69) is 24.0 Å². The van der Waals surface area contributed by atoms with Gasteiger partial charge < -0.3 is 10.3 Å². The third-order valence-corrected chi connectivity index (χ3v) is 3.68. The van der Waals surface area contributed by atoms with Crippen LogP contribution in [0.1, 0.15) is 76.0 Å². The van der Waals surface area contributed by atoms with Crippen LogP contribution in [0.25, 0.3) is 0 Å². The van der Waals surface area contributed by atoms with Crippen LogP contribution in [0.5, 0.6) is 0 Å². The Morgan fingerprint density at radius 2 is 1.82 bits per heavy atom. The van der Waals surface area contributed by atoms with Crippen LogP contribution >= 0.6 is 0 Å². The summed E-state index contributed by atoms with van der Waals surface area (Å²) in [7, 11) is 0. The van der Waals surface area contributed by atoms with Crippen molar-refractivity contribution in [3.63, 3.8) is 0 Å². The summed E-state index contributed by atoms with van der Waals surface area (Å²) in [5, 5.41) is 4.12. The van der Waals surface area contributed by atoms with E-state index in [0.717, 1.165) is 5.82 Å². The van der Waals surface area contributed by atoms with E-state index in [1.165, 1.54) is 38.5 Å². The van der Waals surface area contributed by atoms with Gasteiger partial charge in [0.25, 0.3) is 0 Å². The van der Waals surface area contributed by atoms with Gasteiger partial charge in [-0.3, -0.25) is 0 Å². The molecular formula is C13H23N3O. The summed E-state index contributed by atoms with van der Waals surface area (Å²) in [6, 6.07) is -0.137. The minimum Gasteiger partial charge on any atom is -0.338 e. The highest BCUT2D eigenvalue weighted by Crippen LogP contribution is 2.30. The average molecular weight is 237 g/mol. The highest BCUT2D eigenvalue weighted by Gasteiger charge is 2.23. The molecule has 0 spiro atoms. The van der Waals surface area contributed by atoms with Crippen molar-refractivity contribution < 1.29 is 4.52 Å². The van der Waals surface area contributed by atoms with Gasteiger partial charge in [-0.15, -0.1) is 0 Å². The molecule has 0 saturated heterocycles. The fourth-order valence-electron chi connectivity index (χ4n) is 2.37. The number of nitrogens with two attached hydrogens (primary N) is 1. The Labute approximate surface area is 103 Å². The standard InChI is InChI=1S/C13H23N3O/c1-9(2)11(14)13-15-12(16-17-13)10-7-5-3-4-6-8-10/h9-11H,3-8,14H2,1-2H3/t11-/m1/s1. The molecule has 1 fully saturated rings. The molecule has 4 heteroatoms. The summed E-state index contributed by atoms with van der Waals surface area (Å²) < 4.78 is 5.30. The number of nitrogens with zero attached hydrogens (tertiary/aromatic N) is 2. The molecule has 1 aromatic rings. The summed E-state index contributed by atoms with van der Waals surface area (Å²) in [5.41, 5.74) is 6.02. The van der Waals surface area contributed by atoms with E-state index in [4.69, 9.17) is 10.3 Å². The first-order valence-corrected chi connectivity index (χ1v) is 6.77. The smallest absolute Gasteiger partial charge is 0.243 e. The molecular weight excluding hydrogens is 214 g/mol. The van der Waals surface area contributed by atoms with E-state index >= 15 is 0 Å². The Bertz CT molecular complexity index is 340. The molecule has 0 radical (unpaired) electrons. The number of aromatic nitrogens is 2. The van der Waals surface area contributed by atoms with Gasteiger partial charge in [0.1, 0.15) is 0 Å². The van der Waals surface area contributed by atoms with Crippen LogP contribution in [0.2, 0.25) is 0 Å². The van der Waals surface area contributed by atoms with E-state index in [9.17, 15) is 0 Å². The summed E-state index contributed by atoms with van der Waals surface area (Å²) in [4.78, 5) is 4.49. The molecule has 4 nitrogen and oxygen atoms in total. The van der Waals surface area contributed by atoms with Crippen molar-refractivity contribution in [3.05, 3.63) is 11.7 Å². The van der Waals surface area contributed by atoms with Crippen LogP contribution in [0.15, 0.2) is 4.52 Å². The fourth-order valence-corrected chi connectivity index (χ4v) is 2.37. The number of hydrogen-bond donors (Lipinski definition) is 1. The van der Waals surface area contributed by atoms with Gasteiger partial charge in [-0.1, -0.05) is 44.7 Å². The van der Waals surface area contributed by atoms with E-state index in [1.54, 1.807) is 0 Å². The summed E-state index contributed by atoms with van der Waals surface area (Å²) in [6.45, 7) is 4.14. The molecule has 1 heterocycles. The fraction of sp³-hybridized carbons (Fsp3) is 0.846. The van der Waals surface area contributed by atoms with Crippen LogP contribution in [-0.2, 0) is 0 Å². The Hall–Kier alpha value is -0.900. The van der Waals surface area contributed by atoms with Crippen molar-refractivity contribution in [2.45, 2.75) is 64.3 Å². The molecule has 17 heavy (non-hydrogen) atoms. The largest absolute Gasteiger partial charge is 0.338 e. The van der Waals surface area contributed by atoms with Crippen molar-refractivity contribution in [2.75, 3.05) is 0 Å². The van der Waals surface area contributed by atoms with Crippen LogP contribution in [0, 0.1) is 5.92 Å². The van der Waals surface area contributed by atoms with Gasteiger partial charge in [-0.05, 0) is 18.8 Å². The summed E-state index contributed by atoms with van der Waals surface area (Å²) in [6.07, 6.45) is 7.63. The Morgan fingerprint density at radius 1 is 1.18 bits per heavy atom. The molecule has 1 atom stereocenters. The molecule has 96 valence electrons.